The number of benzene rings is 1. The predicted octanol–water partition coefficient (Wildman–Crippen LogP) is 4.02. The molecule has 1 aromatic rings. The fraction of sp³-hybridized carbons (Fsp3) is 0.600. The van der Waals surface area contributed by atoms with Crippen molar-refractivity contribution in [2.75, 3.05) is 0 Å². The van der Waals surface area contributed by atoms with Gasteiger partial charge in [-0.3, -0.25) is 0 Å². The maximum absolute atomic E-state index is 13.7. The molecule has 1 fully saturated rings. The Kier molecular flexibility index (Phi) is 3.76. The van der Waals surface area contributed by atoms with Gasteiger partial charge in [-0.25, -0.2) is 4.39 Å². The van der Waals surface area contributed by atoms with Crippen LogP contribution in [0.5, 0.6) is 0 Å². The van der Waals surface area contributed by atoms with Crippen molar-refractivity contribution in [3.8, 4) is 0 Å². The van der Waals surface area contributed by atoms with E-state index in [1.54, 1.807) is 6.07 Å². The Morgan fingerprint density at radius 3 is 2.16 bits per heavy atom. The summed E-state index contributed by atoms with van der Waals surface area (Å²) >= 11 is 0. The second kappa shape index (κ2) is 4.91. The summed E-state index contributed by atoms with van der Waals surface area (Å²) in [5.74, 6) is -0.0950. The largest absolute Gasteiger partial charge is 0.458 e. The molecule has 0 radical (unpaired) electrons. The molecule has 2 nitrogen and oxygen atoms in total. The quantitative estimate of drug-likeness (QED) is 0.767. The lowest BCUT2D eigenvalue weighted by atomic mass is 9.75. The fourth-order valence-electron chi connectivity index (χ4n) is 2.35. The molecule has 1 aromatic carbocycles. The van der Waals surface area contributed by atoms with Crippen LogP contribution in [-0.4, -0.2) is 18.3 Å². The minimum atomic E-state index is -0.327. The second-order valence-corrected chi connectivity index (χ2v) is 6.34. The van der Waals surface area contributed by atoms with Crippen LogP contribution in [0.15, 0.2) is 24.3 Å². The molecule has 0 aromatic heterocycles. The van der Waals surface area contributed by atoms with Crippen molar-refractivity contribution in [2.45, 2.75) is 58.1 Å². The Morgan fingerprint density at radius 2 is 1.63 bits per heavy atom. The summed E-state index contributed by atoms with van der Waals surface area (Å²) in [6.07, 6.45) is 0.661. The van der Waals surface area contributed by atoms with Crippen molar-refractivity contribution in [3.63, 3.8) is 0 Å². The summed E-state index contributed by atoms with van der Waals surface area (Å²) < 4.78 is 25.6. The first kappa shape index (κ1) is 14.5. The molecule has 1 aliphatic heterocycles. The van der Waals surface area contributed by atoms with E-state index in [0.29, 0.717) is 6.32 Å². The third-order valence-electron chi connectivity index (χ3n) is 4.28. The van der Waals surface area contributed by atoms with E-state index in [2.05, 4.69) is 0 Å². The molecular formula is C15H22BFO2. The van der Waals surface area contributed by atoms with Gasteiger partial charge in [-0.1, -0.05) is 25.1 Å². The van der Waals surface area contributed by atoms with E-state index in [-0.39, 0.29) is 30.1 Å². The summed E-state index contributed by atoms with van der Waals surface area (Å²) in [5.41, 5.74) is 0.0661. The van der Waals surface area contributed by atoms with E-state index < -0.39 is 0 Å². The van der Waals surface area contributed by atoms with Crippen molar-refractivity contribution < 1.29 is 13.7 Å². The van der Waals surface area contributed by atoms with Crippen molar-refractivity contribution in [1.29, 1.82) is 0 Å². The Balaban J connectivity index is 2.06. The third-order valence-corrected chi connectivity index (χ3v) is 4.28. The van der Waals surface area contributed by atoms with Crippen LogP contribution in [0.4, 0.5) is 4.39 Å². The first-order chi connectivity index (χ1) is 8.73. The summed E-state index contributed by atoms with van der Waals surface area (Å²) in [5, 5.41) is 0. The van der Waals surface area contributed by atoms with Crippen LogP contribution >= 0.6 is 0 Å². The van der Waals surface area contributed by atoms with Crippen LogP contribution in [0.25, 0.3) is 0 Å². The van der Waals surface area contributed by atoms with Gasteiger partial charge in [0.25, 0.3) is 0 Å². The average Bonchev–Trinajstić information content (AvgIpc) is 2.47. The van der Waals surface area contributed by atoms with Gasteiger partial charge in [-0.2, -0.15) is 0 Å². The minimum Gasteiger partial charge on any atom is -0.403 e. The minimum absolute atomic E-state index is 0.0656. The van der Waals surface area contributed by atoms with Gasteiger partial charge in [0.2, 0.25) is 0 Å². The highest BCUT2D eigenvalue weighted by atomic mass is 19.1. The van der Waals surface area contributed by atoms with E-state index in [9.17, 15) is 4.39 Å². The van der Waals surface area contributed by atoms with Gasteiger partial charge in [-0.15, -0.1) is 0 Å². The molecule has 104 valence electrons. The molecule has 1 heterocycles. The van der Waals surface area contributed by atoms with E-state index in [4.69, 9.17) is 9.31 Å². The third kappa shape index (κ3) is 2.85. The smallest absolute Gasteiger partial charge is 0.403 e. The highest BCUT2D eigenvalue weighted by Gasteiger charge is 2.51. The Morgan fingerprint density at radius 1 is 1.11 bits per heavy atom. The van der Waals surface area contributed by atoms with Crippen LogP contribution in [0.2, 0.25) is 6.32 Å². The molecule has 2 rings (SSSR count). The summed E-state index contributed by atoms with van der Waals surface area (Å²) in [4.78, 5) is 0. The highest BCUT2D eigenvalue weighted by Crippen LogP contribution is 2.39. The molecule has 1 atom stereocenters. The molecule has 0 N–H and O–H groups in total. The number of halogens is 1. The first-order valence-corrected chi connectivity index (χ1v) is 6.83. The zero-order valence-electron chi connectivity index (χ0n) is 12.4. The standard InChI is InChI=1S/C15H22BFO2/c1-11(12-8-6-7-9-13(12)17)10-16-18-14(2,3)15(4,5)19-16/h6-9,11H,10H2,1-5H3/t11-/m0/s1. The van der Waals surface area contributed by atoms with Crippen molar-refractivity contribution in [1.82, 2.24) is 0 Å². The van der Waals surface area contributed by atoms with Crippen LogP contribution in [-0.2, 0) is 9.31 Å². The zero-order valence-corrected chi connectivity index (χ0v) is 12.4. The van der Waals surface area contributed by atoms with Gasteiger partial charge < -0.3 is 9.31 Å². The second-order valence-electron chi connectivity index (χ2n) is 6.34. The van der Waals surface area contributed by atoms with Crippen LogP contribution in [0, 0.1) is 5.82 Å². The summed E-state index contributed by atoms with van der Waals surface area (Å²) in [6, 6.07) is 6.89. The molecule has 0 unspecified atom stereocenters. The van der Waals surface area contributed by atoms with Crippen molar-refractivity contribution in [2.24, 2.45) is 0 Å². The molecule has 0 bridgehead atoms. The molecule has 0 aliphatic carbocycles. The SMILES string of the molecule is C[C@@H](CB1OC(C)(C)C(C)(C)O1)c1ccccc1F. The fourth-order valence-corrected chi connectivity index (χ4v) is 2.35. The average molecular weight is 264 g/mol. The number of hydrogen-bond acceptors (Lipinski definition) is 2. The van der Waals surface area contributed by atoms with Gasteiger partial charge in [0.05, 0.1) is 11.2 Å². The van der Waals surface area contributed by atoms with E-state index >= 15 is 0 Å². The molecule has 0 amide bonds. The summed E-state index contributed by atoms with van der Waals surface area (Å²) in [6.45, 7) is 10.1. The van der Waals surface area contributed by atoms with E-state index in [0.717, 1.165) is 5.56 Å². The topological polar surface area (TPSA) is 18.5 Å². The van der Waals surface area contributed by atoms with Gasteiger partial charge in [0, 0.05) is 0 Å². The van der Waals surface area contributed by atoms with Crippen molar-refractivity contribution in [3.05, 3.63) is 35.6 Å². The van der Waals surface area contributed by atoms with Gasteiger partial charge in [0.15, 0.2) is 0 Å². The van der Waals surface area contributed by atoms with E-state index in [1.165, 1.54) is 6.07 Å². The maximum Gasteiger partial charge on any atom is 0.458 e. The molecule has 19 heavy (non-hydrogen) atoms. The maximum atomic E-state index is 13.7. The van der Waals surface area contributed by atoms with Crippen LogP contribution < -0.4 is 0 Å². The zero-order chi connectivity index (χ0) is 14.3. The normalized spacial score (nSPS) is 22.5. The molecule has 1 saturated heterocycles. The number of hydrogen-bond donors (Lipinski definition) is 0. The first-order valence-electron chi connectivity index (χ1n) is 6.83. The molecule has 1 aliphatic rings. The Hall–Kier alpha value is -0.865. The molecular weight excluding hydrogens is 242 g/mol. The van der Waals surface area contributed by atoms with Crippen molar-refractivity contribution >= 4 is 7.12 Å². The summed E-state index contributed by atoms with van der Waals surface area (Å²) in [7, 11) is -0.278. The molecule has 0 saturated carbocycles. The molecule has 0 spiro atoms. The van der Waals surface area contributed by atoms with Gasteiger partial charge in [-0.05, 0) is 51.6 Å². The number of rotatable bonds is 3. The Bertz CT molecular complexity index is 443. The molecule has 4 heteroatoms. The monoisotopic (exact) mass is 264 g/mol. The van der Waals surface area contributed by atoms with E-state index in [1.807, 2.05) is 46.8 Å². The lowest BCUT2D eigenvalue weighted by Gasteiger charge is -2.32. The Labute approximate surface area is 115 Å². The lowest BCUT2D eigenvalue weighted by molar-refractivity contribution is 0.00578. The van der Waals surface area contributed by atoms with Crippen LogP contribution in [0.3, 0.4) is 0 Å². The lowest BCUT2D eigenvalue weighted by Crippen LogP contribution is -2.41. The highest BCUT2D eigenvalue weighted by molar-refractivity contribution is 6.45. The van der Waals surface area contributed by atoms with Crippen LogP contribution in [0.1, 0.15) is 46.1 Å². The van der Waals surface area contributed by atoms with Gasteiger partial charge in [0.1, 0.15) is 5.82 Å². The van der Waals surface area contributed by atoms with Gasteiger partial charge >= 0.3 is 7.12 Å². The predicted molar refractivity (Wildman–Crippen MR) is 75.7 cm³/mol.